The third-order valence-corrected chi connectivity index (χ3v) is 4.92. The third-order valence-electron chi connectivity index (χ3n) is 4.92. The number of carbonyl (C=O) groups excluding carboxylic acids is 4. The Hall–Kier alpha value is -2.12. The number of esters is 1. The standard InChI is InChI=1S/C19H30N2O6/c1-18(2,3)14(20-17(25)27-19(4,5)6)15(23)21-10-8-11(12(22)9-10)13(21)16(24)26-7/h10-11,13-14H,8-9H2,1-7H3,(H,20,25)/t10-,11+,13-,14+/m0/s1. The number of piperidine rings is 1. The van der Waals surface area contributed by atoms with E-state index in [2.05, 4.69) is 5.32 Å². The zero-order valence-corrected chi connectivity index (χ0v) is 17.1. The molecule has 152 valence electrons. The fourth-order valence-electron chi connectivity index (χ4n) is 3.77. The first kappa shape index (κ1) is 21.2. The van der Waals surface area contributed by atoms with Gasteiger partial charge in [-0.25, -0.2) is 9.59 Å². The van der Waals surface area contributed by atoms with E-state index >= 15 is 0 Å². The van der Waals surface area contributed by atoms with E-state index in [0.717, 1.165) is 0 Å². The molecule has 0 aromatic rings. The molecule has 1 aliphatic carbocycles. The van der Waals surface area contributed by atoms with Gasteiger partial charge in [-0.3, -0.25) is 9.59 Å². The summed E-state index contributed by atoms with van der Waals surface area (Å²) in [7, 11) is 1.24. The lowest BCUT2D eigenvalue weighted by atomic mass is 9.85. The molecule has 0 radical (unpaired) electrons. The molecule has 2 rings (SSSR count). The number of carbonyl (C=O) groups is 4. The average Bonchev–Trinajstić information content (AvgIpc) is 3.05. The molecule has 2 fully saturated rings. The molecule has 27 heavy (non-hydrogen) atoms. The summed E-state index contributed by atoms with van der Waals surface area (Å²) in [5, 5.41) is 2.65. The smallest absolute Gasteiger partial charge is 0.408 e. The molecule has 2 aliphatic rings. The predicted octanol–water partition coefficient (Wildman–Crippen LogP) is 1.66. The molecule has 0 aromatic carbocycles. The Kier molecular flexibility index (Phi) is 5.59. The van der Waals surface area contributed by atoms with Crippen molar-refractivity contribution in [2.75, 3.05) is 7.11 Å². The molecule has 1 saturated heterocycles. The van der Waals surface area contributed by atoms with Crippen molar-refractivity contribution in [3.63, 3.8) is 0 Å². The first-order valence-electron chi connectivity index (χ1n) is 9.18. The Morgan fingerprint density at radius 3 is 2.22 bits per heavy atom. The number of amides is 2. The van der Waals surface area contributed by atoms with Crippen molar-refractivity contribution in [3.8, 4) is 0 Å². The Morgan fingerprint density at radius 1 is 1.15 bits per heavy atom. The molecule has 1 heterocycles. The quantitative estimate of drug-likeness (QED) is 0.745. The number of ether oxygens (including phenoxy) is 2. The molecular weight excluding hydrogens is 352 g/mol. The van der Waals surface area contributed by atoms with Gasteiger partial charge in [-0.2, -0.15) is 0 Å². The minimum absolute atomic E-state index is 0.0214. The number of nitrogens with zero attached hydrogens (tertiary/aromatic N) is 1. The van der Waals surface area contributed by atoms with E-state index in [1.54, 1.807) is 20.8 Å². The van der Waals surface area contributed by atoms with E-state index in [0.29, 0.717) is 6.42 Å². The van der Waals surface area contributed by atoms with Crippen LogP contribution in [0.5, 0.6) is 0 Å². The Morgan fingerprint density at radius 2 is 1.74 bits per heavy atom. The van der Waals surface area contributed by atoms with Crippen LogP contribution in [0.1, 0.15) is 54.4 Å². The van der Waals surface area contributed by atoms with Gasteiger partial charge in [0.2, 0.25) is 5.91 Å². The van der Waals surface area contributed by atoms with Gasteiger partial charge in [0.05, 0.1) is 13.0 Å². The Bertz CT molecular complexity index is 646. The van der Waals surface area contributed by atoms with Crippen LogP contribution in [-0.4, -0.2) is 59.5 Å². The lowest BCUT2D eigenvalue weighted by Gasteiger charge is -2.39. The van der Waals surface area contributed by atoms with E-state index < -0.39 is 47.0 Å². The van der Waals surface area contributed by atoms with Gasteiger partial charge in [-0.15, -0.1) is 0 Å². The second-order valence-electron chi connectivity index (χ2n) is 9.33. The number of fused-ring (bicyclic) bond motifs is 2. The monoisotopic (exact) mass is 382 g/mol. The van der Waals surface area contributed by atoms with E-state index in [4.69, 9.17) is 9.47 Å². The first-order valence-corrected chi connectivity index (χ1v) is 9.18. The highest BCUT2D eigenvalue weighted by Crippen LogP contribution is 2.42. The zero-order chi connectivity index (χ0) is 20.7. The van der Waals surface area contributed by atoms with Crippen molar-refractivity contribution in [2.45, 2.75) is 78.1 Å². The van der Waals surface area contributed by atoms with Crippen LogP contribution < -0.4 is 5.32 Å². The summed E-state index contributed by atoms with van der Waals surface area (Å²) in [5.41, 5.74) is -1.33. The number of methoxy groups -OCH3 is 1. The number of hydrogen-bond donors (Lipinski definition) is 1. The summed E-state index contributed by atoms with van der Waals surface area (Å²) in [4.78, 5) is 51.4. The van der Waals surface area contributed by atoms with Gasteiger partial charge in [-0.05, 0) is 32.6 Å². The average molecular weight is 382 g/mol. The van der Waals surface area contributed by atoms with Crippen LogP contribution in [-0.2, 0) is 23.9 Å². The van der Waals surface area contributed by atoms with Gasteiger partial charge < -0.3 is 19.7 Å². The maximum Gasteiger partial charge on any atom is 0.408 e. The van der Waals surface area contributed by atoms with Crippen molar-refractivity contribution in [1.82, 2.24) is 10.2 Å². The molecule has 4 atom stereocenters. The summed E-state index contributed by atoms with van der Waals surface area (Å²) in [5.74, 6) is -1.56. The normalized spacial score (nSPS) is 26.0. The van der Waals surface area contributed by atoms with E-state index in [1.165, 1.54) is 12.0 Å². The van der Waals surface area contributed by atoms with Gasteiger partial charge in [0.25, 0.3) is 0 Å². The molecule has 2 amide bonds. The number of ketones is 1. The largest absolute Gasteiger partial charge is 0.467 e. The summed E-state index contributed by atoms with van der Waals surface area (Å²) in [6.45, 7) is 10.7. The van der Waals surface area contributed by atoms with Gasteiger partial charge in [0.1, 0.15) is 23.5 Å². The summed E-state index contributed by atoms with van der Waals surface area (Å²) >= 11 is 0. The predicted molar refractivity (Wildman–Crippen MR) is 96.8 cm³/mol. The molecule has 2 bridgehead atoms. The van der Waals surface area contributed by atoms with Gasteiger partial charge in [0.15, 0.2) is 0 Å². The molecule has 0 aromatic heterocycles. The highest BCUT2D eigenvalue weighted by atomic mass is 16.6. The van der Waals surface area contributed by atoms with Gasteiger partial charge in [0, 0.05) is 12.5 Å². The minimum Gasteiger partial charge on any atom is -0.467 e. The molecular formula is C19H30N2O6. The number of Topliss-reactive ketones (excluding diaryl/α,β-unsaturated/α-hetero) is 1. The fraction of sp³-hybridized carbons (Fsp3) is 0.789. The van der Waals surface area contributed by atoms with Crippen molar-refractivity contribution in [1.29, 1.82) is 0 Å². The summed E-state index contributed by atoms with van der Waals surface area (Å²) in [6, 6.07) is -2.18. The van der Waals surface area contributed by atoms with E-state index in [-0.39, 0.29) is 18.2 Å². The first-order chi connectivity index (χ1) is 12.3. The number of alkyl carbamates (subject to hydrolysis) is 1. The maximum absolute atomic E-state index is 13.4. The van der Waals surface area contributed by atoms with Gasteiger partial charge >= 0.3 is 12.1 Å². The zero-order valence-electron chi connectivity index (χ0n) is 17.1. The van der Waals surface area contributed by atoms with E-state index in [9.17, 15) is 19.2 Å². The maximum atomic E-state index is 13.4. The molecule has 1 saturated carbocycles. The molecule has 1 N–H and O–H groups in total. The summed E-state index contributed by atoms with van der Waals surface area (Å²) in [6.07, 6.45) is -0.0215. The number of rotatable bonds is 3. The van der Waals surface area contributed by atoms with Gasteiger partial charge in [-0.1, -0.05) is 20.8 Å². The minimum atomic E-state index is -0.931. The van der Waals surface area contributed by atoms with Crippen LogP contribution in [0.2, 0.25) is 0 Å². The van der Waals surface area contributed by atoms with Crippen LogP contribution in [0.15, 0.2) is 0 Å². The second-order valence-corrected chi connectivity index (χ2v) is 9.33. The SMILES string of the molecule is COC(=O)[C@@H]1[C@@H]2C[C@@H](CC2=O)N1C(=O)[C@@H](NC(=O)OC(C)(C)C)C(C)(C)C. The Balaban J connectivity index is 2.28. The highest BCUT2D eigenvalue weighted by molar-refractivity contribution is 5.98. The number of hydrogen-bond acceptors (Lipinski definition) is 6. The second kappa shape index (κ2) is 7.13. The van der Waals surface area contributed by atoms with Crippen LogP contribution in [0.3, 0.4) is 0 Å². The Labute approximate surface area is 159 Å². The van der Waals surface area contributed by atoms with E-state index in [1.807, 2.05) is 20.8 Å². The van der Waals surface area contributed by atoms with Crippen molar-refractivity contribution < 1.29 is 28.7 Å². The molecule has 8 heteroatoms. The van der Waals surface area contributed by atoms with Crippen LogP contribution in [0.25, 0.3) is 0 Å². The van der Waals surface area contributed by atoms with Crippen molar-refractivity contribution in [2.24, 2.45) is 11.3 Å². The van der Waals surface area contributed by atoms with Crippen molar-refractivity contribution in [3.05, 3.63) is 0 Å². The number of nitrogens with one attached hydrogen (secondary N) is 1. The van der Waals surface area contributed by atoms with Crippen LogP contribution in [0, 0.1) is 11.3 Å². The van der Waals surface area contributed by atoms with Crippen molar-refractivity contribution >= 4 is 23.8 Å². The highest BCUT2D eigenvalue weighted by Gasteiger charge is 2.57. The lowest BCUT2D eigenvalue weighted by molar-refractivity contribution is -0.158. The molecule has 0 unspecified atom stereocenters. The third kappa shape index (κ3) is 4.42. The lowest BCUT2D eigenvalue weighted by Crippen LogP contribution is -2.61. The molecule has 8 nitrogen and oxygen atoms in total. The van der Waals surface area contributed by atoms with Crippen LogP contribution in [0.4, 0.5) is 4.79 Å². The fourth-order valence-corrected chi connectivity index (χ4v) is 3.77. The number of likely N-dealkylation sites (tertiary alicyclic amines) is 1. The molecule has 1 aliphatic heterocycles. The van der Waals surface area contributed by atoms with Crippen LogP contribution >= 0.6 is 0 Å². The summed E-state index contributed by atoms with van der Waals surface area (Å²) < 4.78 is 10.1. The topological polar surface area (TPSA) is 102 Å². The molecule has 0 spiro atoms.